The lowest BCUT2D eigenvalue weighted by Gasteiger charge is -2.37. The van der Waals surface area contributed by atoms with Crippen LogP contribution in [0.5, 0.6) is 5.75 Å². The third-order valence-electron chi connectivity index (χ3n) is 6.70. The van der Waals surface area contributed by atoms with E-state index < -0.39 is 0 Å². The molecule has 2 nitrogen and oxygen atoms in total. The van der Waals surface area contributed by atoms with Gasteiger partial charge in [0, 0.05) is 17.3 Å². The van der Waals surface area contributed by atoms with E-state index in [-0.39, 0.29) is 10.6 Å². The Balaban J connectivity index is 2.71. The number of phenolic OH excluding ortho intramolecular Hbond substituents is 1. The SMILES string of the molecule is CCCCCC(CC)(Pc1c(C)cccc1CN(C)C)c1cc(C(C)(C)C)cc(C)c1O. The molecule has 0 radical (unpaired) electrons. The van der Waals surface area contributed by atoms with Crippen molar-refractivity contribution in [1.29, 1.82) is 0 Å². The summed E-state index contributed by atoms with van der Waals surface area (Å²) in [6.45, 7) is 16.7. The number of phenols is 1. The Labute approximate surface area is 199 Å². The van der Waals surface area contributed by atoms with Gasteiger partial charge in [0.1, 0.15) is 5.75 Å². The van der Waals surface area contributed by atoms with Gasteiger partial charge < -0.3 is 10.0 Å². The van der Waals surface area contributed by atoms with Crippen LogP contribution in [0.4, 0.5) is 0 Å². The van der Waals surface area contributed by atoms with E-state index in [1.807, 2.05) is 0 Å². The molecule has 0 aliphatic rings. The highest BCUT2D eigenvalue weighted by Gasteiger charge is 2.35. The largest absolute Gasteiger partial charge is 0.507 e. The molecule has 0 spiro atoms. The van der Waals surface area contributed by atoms with E-state index in [2.05, 4.69) is 97.8 Å². The first-order chi connectivity index (χ1) is 14.9. The van der Waals surface area contributed by atoms with Crippen molar-refractivity contribution >= 4 is 13.9 Å². The van der Waals surface area contributed by atoms with Crippen LogP contribution in [0, 0.1) is 13.8 Å². The van der Waals surface area contributed by atoms with Crippen LogP contribution in [0.15, 0.2) is 30.3 Å². The molecule has 1 N–H and O–H groups in total. The molecule has 2 aromatic carbocycles. The summed E-state index contributed by atoms with van der Waals surface area (Å²) >= 11 is 0. The lowest BCUT2D eigenvalue weighted by molar-refractivity contribution is 0.403. The zero-order valence-corrected chi connectivity index (χ0v) is 23.0. The van der Waals surface area contributed by atoms with Gasteiger partial charge in [0.25, 0.3) is 0 Å². The van der Waals surface area contributed by atoms with Crippen LogP contribution < -0.4 is 5.30 Å². The van der Waals surface area contributed by atoms with Gasteiger partial charge >= 0.3 is 0 Å². The van der Waals surface area contributed by atoms with E-state index in [0.29, 0.717) is 14.3 Å². The van der Waals surface area contributed by atoms with E-state index >= 15 is 0 Å². The molecule has 2 atom stereocenters. The Hall–Kier alpha value is -1.37. The smallest absolute Gasteiger partial charge is 0.122 e. The number of aromatic hydroxyl groups is 1. The molecule has 0 bridgehead atoms. The summed E-state index contributed by atoms with van der Waals surface area (Å²) in [7, 11) is 4.93. The molecular formula is C29H46NOP. The predicted octanol–water partition coefficient (Wildman–Crippen LogP) is 7.56. The maximum atomic E-state index is 11.4. The molecule has 0 amide bonds. The number of benzene rings is 2. The summed E-state index contributed by atoms with van der Waals surface area (Å²) in [5.41, 5.74) is 6.34. The normalized spacial score (nSPS) is 14.4. The van der Waals surface area contributed by atoms with E-state index in [1.54, 1.807) is 0 Å². The Bertz CT molecular complexity index is 897. The van der Waals surface area contributed by atoms with Crippen LogP contribution in [0.3, 0.4) is 0 Å². The Morgan fingerprint density at radius 2 is 1.66 bits per heavy atom. The Kier molecular flexibility index (Phi) is 9.38. The van der Waals surface area contributed by atoms with Gasteiger partial charge in [-0.15, -0.1) is 0 Å². The fraction of sp³-hybridized carbons (Fsp3) is 0.586. The van der Waals surface area contributed by atoms with Gasteiger partial charge in [-0.25, -0.2) is 0 Å². The highest BCUT2D eigenvalue weighted by atomic mass is 31.1. The molecule has 0 fully saturated rings. The zero-order chi connectivity index (χ0) is 24.1. The number of rotatable bonds is 10. The van der Waals surface area contributed by atoms with Crippen LogP contribution >= 0.6 is 8.58 Å². The molecular weight excluding hydrogens is 409 g/mol. The van der Waals surface area contributed by atoms with Crippen molar-refractivity contribution < 1.29 is 5.11 Å². The first kappa shape index (κ1) is 26.9. The van der Waals surface area contributed by atoms with E-state index in [1.165, 1.54) is 46.8 Å². The minimum atomic E-state index is -0.0432. The maximum absolute atomic E-state index is 11.4. The fourth-order valence-electron chi connectivity index (χ4n) is 4.59. The molecule has 0 saturated carbocycles. The van der Waals surface area contributed by atoms with Crippen molar-refractivity contribution in [3.63, 3.8) is 0 Å². The van der Waals surface area contributed by atoms with Crippen LogP contribution in [-0.4, -0.2) is 24.1 Å². The van der Waals surface area contributed by atoms with Gasteiger partial charge in [0.15, 0.2) is 0 Å². The van der Waals surface area contributed by atoms with Crippen molar-refractivity contribution in [3.8, 4) is 5.75 Å². The van der Waals surface area contributed by atoms with Crippen molar-refractivity contribution in [1.82, 2.24) is 4.90 Å². The molecule has 0 aliphatic carbocycles. The minimum Gasteiger partial charge on any atom is -0.507 e. The summed E-state index contributed by atoms with van der Waals surface area (Å²) in [5.74, 6) is 0.506. The van der Waals surface area contributed by atoms with Gasteiger partial charge in [0.05, 0.1) is 0 Å². The third-order valence-corrected chi connectivity index (χ3v) is 9.02. The van der Waals surface area contributed by atoms with Gasteiger partial charge in [-0.2, -0.15) is 0 Å². The molecule has 0 saturated heterocycles. The van der Waals surface area contributed by atoms with E-state index in [0.717, 1.165) is 24.9 Å². The average molecular weight is 456 g/mol. The van der Waals surface area contributed by atoms with E-state index in [4.69, 9.17) is 0 Å². The molecule has 2 unspecified atom stereocenters. The highest BCUT2D eigenvalue weighted by Crippen LogP contribution is 2.53. The number of unbranched alkanes of at least 4 members (excludes halogenated alkanes) is 2. The molecule has 178 valence electrons. The quantitative estimate of drug-likeness (QED) is 0.295. The van der Waals surface area contributed by atoms with Crippen molar-refractivity contribution in [2.24, 2.45) is 0 Å². The second-order valence-electron chi connectivity index (χ2n) is 10.8. The standard InChI is InChI=1S/C29H46NOP/c1-10-12-13-17-29(11-2,25-19-24(28(5,6)7)18-22(4)26(25)31)32-27-21(3)15-14-16-23(27)20-30(8)9/h14-16,18-19,31-32H,10-13,17,20H2,1-9H3. The molecule has 2 rings (SSSR count). The van der Waals surface area contributed by atoms with Gasteiger partial charge in [0.2, 0.25) is 0 Å². The monoisotopic (exact) mass is 455 g/mol. The number of aryl methyl sites for hydroxylation is 2. The second-order valence-corrected chi connectivity index (χ2v) is 12.5. The number of hydrogen-bond acceptors (Lipinski definition) is 2. The lowest BCUT2D eigenvalue weighted by atomic mass is 9.80. The Morgan fingerprint density at radius 3 is 2.22 bits per heavy atom. The first-order valence-corrected chi connectivity index (χ1v) is 13.3. The van der Waals surface area contributed by atoms with Gasteiger partial charge in [-0.05, 0) is 73.8 Å². The van der Waals surface area contributed by atoms with Crippen molar-refractivity contribution in [3.05, 3.63) is 58.1 Å². The van der Waals surface area contributed by atoms with Gasteiger partial charge in [-0.1, -0.05) is 92.8 Å². The zero-order valence-electron chi connectivity index (χ0n) is 22.0. The number of nitrogens with zero attached hydrogens (tertiary/aromatic N) is 1. The van der Waals surface area contributed by atoms with Crippen LogP contribution in [0.1, 0.15) is 94.5 Å². The predicted molar refractivity (Wildman–Crippen MR) is 144 cm³/mol. The molecule has 3 heteroatoms. The molecule has 2 aromatic rings. The maximum Gasteiger partial charge on any atom is 0.122 e. The topological polar surface area (TPSA) is 23.5 Å². The van der Waals surface area contributed by atoms with Crippen molar-refractivity contribution in [2.45, 2.75) is 97.7 Å². The summed E-state index contributed by atoms with van der Waals surface area (Å²) in [6, 6.07) is 11.2. The van der Waals surface area contributed by atoms with E-state index in [9.17, 15) is 5.11 Å². The summed E-state index contributed by atoms with van der Waals surface area (Å²) in [5, 5.41) is 12.8. The molecule has 32 heavy (non-hydrogen) atoms. The van der Waals surface area contributed by atoms with Crippen LogP contribution in [0.25, 0.3) is 0 Å². The van der Waals surface area contributed by atoms with Crippen molar-refractivity contribution in [2.75, 3.05) is 14.1 Å². The molecule has 0 heterocycles. The number of hydrogen-bond donors (Lipinski definition) is 1. The Morgan fingerprint density at radius 1 is 0.969 bits per heavy atom. The second kappa shape index (κ2) is 11.2. The summed E-state index contributed by atoms with van der Waals surface area (Å²) in [6.07, 6.45) is 5.80. The highest BCUT2D eigenvalue weighted by molar-refractivity contribution is 7.48. The van der Waals surface area contributed by atoms with Gasteiger partial charge in [-0.3, -0.25) is 0 Å². The summed E-state index contributed by atoms with van der Waals surface area (Å²) in [4.78, 5) is 2.26. The fourth-order valence-corrected chi connectivity index (χ4v) is 6.48. The molecule has 0 aromatic heterocycles. The minimum absolute atomic E-state index is 0.0432. The summed E-state index contributed by atoms with van der Waals surface area (Å²) < 4.78 is 0. The third kappa shape index (κ3) is 6.36. The first-order valence-electron chi connectivity index (χ1n) is 12.3. The average Bonchev–Trinajstić information content (AvgIpc) is 2.70. The lowest BCUT2D eigenvalue weighted by Crippen LogP contribution is -2.27. The van der Waals surface area contributed by atoms with Crippen LogP contribution in [-0.2, 0) is 17.1 Å². The molecule has 0 aliphatic heterocycles. The van der Waals surface area contributed by atoms with Crippen LogP contribution in [0.2, 0.25) is 0 Å².